The van der Waals surface area contributed by atoms with Crippen LogP contribution in [0.5, 0.6) is 5.75 Å². The highest BCUT2D eigenvalue weighted by Crippen LogP contribution is 2.39. The lowest BCUT2D eigenvalue weighted by molar-refractivity contribution is -0.117. The summed E-state index contributed by atoms with van der Waals surface area (Å²) < 4.78 is 47.8. The van der Waals surface area contributed by atoms with Gasteiger partial charge in [-0.05, 0) is 57.2 Å². The molecule has 1 aromatic rings. The second-order valence-corrected chi connectivity index (χ2v) is 11.3. The quantitative estimate of drug-likeness (QED) is 0.665. The third kappa shape index (κ3) is 5.40. The summed E-state index contributed by atoms with van der Waals surface area (Å²) in [6.07, 6.45) is 2.72. The fourth-order valence-electron chi connectivity index (χ4n) is 3.80. The van der Waals surface area contributed by atoms with Crippen molar-refractivity contribution in [3.05, 3.63) is 29.6 Å². The minimum atomic E-state index is -4.32. The molecule has 182 valence electrons. The molecule has 0 unspecified atom stereocenters. The Morgan fingerprint density at radius 2 is 1.97 bits per heavy atom. The SMILES string of the molecule is CC(C)CC[C@H]1C=C(c2ccc(O)c(N3CC(=O)NS3(=O)=O)c2F)CN1C(=O)OC(C)(C)C. The molecule has 1 saturated heterocycles. The second-order valence-electron chi connectivity index (χ2n) is 9.67. The molecule has 1 fully saturated rings. The fraction of sp³-hybridized carbons (Fsp3) is 0.545. The van der Waals surface area contributed by atoms with Gasteiger partial charge in [-0.1, -0.05) is 19.9 Å². The Kier molecular flexibility index (Phi) is 6.65. The maximum Gasteiger partial charge on any atom is 0.411 e. The molecule has 3 rings (SSSR count). The molecule has 2 aliphatic rings. The molecule has 0 aromatic heterocycles. The molecular formula is C22H30FN3O6S. The van der Waals surface area contributed by atoms with Crippen LogP contribution >= 0.6 is 0 Å². The van der Waals surface area contributed by atoms with Gasteiger partial charge in [0, 0.05) is 5.56 Å². The number of hydrogen-bond acceptors (Lipinski definition) is 6. The number of anilines is 1. The maximum atomic E-state index is 15.6. The van der Waals surface area contributed by atoms with Crippen LogP contribution in [0.15, 0.2) is 18.2 Å². The average Bonchev–Trinajstić information content (AvgIpc) is 3.19. The number of ether oxygens (including phenoxy) is 1. The Hall–Kier alpha value is -2.82. The monoisotopic (exact) mass is 483 g/mol. The van der Waals surface area contributed by atoms with Crippen LogP contribution in [0.4, 0.5) is 14.9 Å². The standard InChI is InChI=1S/C22H30FN3O6S/c1-13(2)6-7-15-10-14(11-25(15)21(29)32-22(3,4)5)16-8-9-17(27)20(19(16)23)26-12-18(28)24-33(26,30)31/h8-10,13,15,27H,6-7,11-12H2,1-5H3,(H,24,28)/t15-/m0/s1. The molecule has 2 heterocycles. The first kappa shape index (κ1) is 24.8. The number of phenolic OH excluding ortho intramolecular Hbond substituents is 1. The lowest BCUT2D eigenvalue weighted by Crippen LogP contribution is -2.40. The maximum absolute atomic E-state index is 15.6. The predicted octanol–water partition coefficient (Wildman–Crippen LogP) is 3.15. The molecule has 2 N–H and O–H groups in total. The molecule has 1 aromatic carbocycles. The number of nitrogens with one attached hydrogen (secondary N) is 1. The van der Waals surface area contributed by atoms with Crippen LogP contribution in [0.2, 0.25) is 0 Å². The molecule has 2 amide bonds. The molecular weight excluding hydrogens is 453 g/mol. The fourth-order valence-corrected chi connectivity index (χ4v) is 4.96. The Balaban J connectivity index is 1.98. The summed E-state index contributed by atoms with van der Waals surface area (Å²) in [6, 6.07) is 2.18. The van der Waals surface area contributed by atoms with Gasteiger partial charge in [0.2, 0.25) is 0 Å². The summed E-state index contributed by atoms with van der Waals surface area (Å²) in [6.45, 7) is 8.83. The summed E-state index contributed by atoms with van der Waals surface area (Å²) in [7, 11) is -4.32. The first-order valence-corrected chi connectivity index (χ1v) is 12.2. The van der Waals surface area contributed by atoms with Crippen LogP contribution in [0.3, 0.4) is 0 Å². The van der Waals surface area contributed by atoms with E-state index in [1.807, 2.05) is 0 Å². The Bertz CT molecular complexity index is 1090. The van der Waals surface area contributed by atoms with Crippen molar-refractivity contribution in [3.8, 4) is 5.75 Å². The first-order valence-electron chi connectivity index (χ1n) is 10.7. The summed E-state index contributed by atoms with van der Waals surface area (Å²) in [5, 5.41) is 10.2. The number of aromatic hydroxyl groups is 1. The number of halogens is 1. The van der Waals surface area contributed by atoms with Crippen LogP contribution in [0, 0.1) is 11.7 Å². The zero-order valence-corrected chi connectivity index (χ0v) is 20.2. The predicted molar refractivity (Wildman–Crippen MR) is 121 cm³/mol. The smallest absolute Gasteiger partial charge is 0.411 e. The molecule has 1 atom stereocenters. The number of carbonyl (C=O) groups excluding carboxylic acids is 2. The minimum absolute atomic E-state index is 0.0398. The Morgan fingerprint density at radius 3 is 2.52 bits per heavy atom. The van der Waals surface area contributed by atoms with E-state index in [4.69, 9.17) is 4.74 Å². The van der Waals surface area contributed by atoms with Gasteiger partial charge in [-0.25, -0.2) is 18.2 Å². The Morgan fingerprint density at radius 1 is 1.30 bits per heavy atom. The van der Waals surface area contributed by atoms with Gasteiger partial charge in [-0.2, -0.15) is 8.42 Å². The van der Waals surface area contributed by atoms with Crippen LogP contribution < -0.4 is 9.03 Å². The lowest BCUT2D eigenvalue weighted by Gasteiger charge is -2.29. The van der Waals surface area contributed by atoms with E-state index >= 15 is 4.39 Å². The number of benzene rings is 1. The zero-order chi connectivity index (χ0) is 24.7. The third-order valence-corrected chi connectivity index (χ3v) is 6.69. The van der Waals surface area contributed by atoms with E-state index in [1.165, 1.54) is 17.0 Å². The van der Waals surface area contributed by atoms with E-state index in [1.54, 1.807) is 31.6 Å². The van der Waals surface area contributed by atoms with Crippen molar-refractivity contribution in [2.75, 3.05) is 17.4 Å². The number of hydrogen-bond donors (Lipinski definition) is 2. The van der Waals surface area contributed by atoms with E-state index in [9.17, 15) is 23.1 Å². The normalized spacial score (nSPS) is 20.3. The summed E-state index contributed by atoms with van der Waals surface area (Å²) in [4.78, 5) is 26.0. The first-order chi connectivity index (χ1) is 15.2. The molecule has 33 heavy (non-hydrogen) atoms. The highest BCUT2D eigenvalue weighted by Gasteiger charge is 2.39. The van der Waals surface area contributed by atoms with Gasteiger partial charge in [-0.3, -0.25) is 9.69 Å². The second kappa shape index (κ2) is 8.85. The van der Waals surface area contributed by atoms with Gasteiger partial charge in [0.1, 0.15) is 23.6 Å². The highest BCUT2D eigenvalue weighted by atomic mass is 32.2. The molecule has 0 saturated carbocycles. The number of nitrogens with zero attached hydrogens (tertiary/aromatic N) is 2. The number of carbonyl (C=O) groups is 2. The third-order valence-electron chi connectivity index (χ3n) is 5.31. The molecule has 0 radical (unpaired) electrons. The molecule has 0 aliphatic carbocycles. The number of rotatable bonds is 5. The lowest BCUT2D eigenvalue weighted by atomic mass is 10.0. The number of phenols is 1. The van der Waals surface area contributed by atoms with Gasteiger partial charge < -0.3 is 9.84 Å². The van der Waals surface area contributed by atoms with Crippen LogP contribution in [-0.4, -0.2) is 55.2 Å². The number of amides is 2. The van der Waals surface area contributed by atoms with E-state index in [2.05, 4.69) is 13.8 Å². The summed E-state index contributed by atoms with van der Waals surface area (Å²) in [5.41, 5.74) is -0.813. The Labute approximate surface area is 193 Å². The van der Waals surface area contributed by atoms with Gasteiger partial charge in [0.05, 0.1) is 12.6 Å². The summed E-state index contributed by atoms with van der Waals surface area (Å²) in [5.74, 6) is -2.04. The highest BCUT2D eigenvalue weighted by molar-refractivity contribution is 7.92. The van der Waals surface area contributed by atoms with Crippen molar-refractivity contribution >= 4 is 33.5 Å². The summed E-state index contributed by atoms with van der Waals surface area (Å²) >= 11 is 0. The van der Waals surface area contributed by atoms with Gasteiger partial charge in [-0.15, -0.1) is 0 Å². The van der Waals surface area contributed by atoms with Crippen LogP contribution in [0.1, 0.15) is 53.0 Å². The van der Waals surface area contributed by atoms with Crippen molar-refractivity contribution < 1.29 is 32.2 Å². The van der Waals surface area contributed by atoms with Crippen molar-refractivity contribution in [2.45, 2.75) is 59.1 Å². The van der Waals surface area contributed by atoms with Crippen molar-refractivity contribution in [1.29, 1.82) is 0 Å². The van der Waals surface area contributed by atoms with E-state index in [0.717, 1.165) is 6.42 Å². The molecule has 2 aliphatic heterocycles. The van der Waals surface area contributed by atoms with E-state index in [0.29, 0.717) is 22.2 Å². The topological polar surface area (TPSA) is 116 Å². The van der Waals surface area contributed by atoms with Crippen molar-refractivity contribution in [2.24, 2.45) is 5.92 Å². The average molecular weight is 484 g/mol. The largest absolute Gasteiger partial charge is 0.506 e. The van der Waals surface area contributed by atoms with E-state index in [-0.39, 0.29) is 18.2 Å². The van der Waals surface area contributed by atoms with Crippen LogP contribution in [0.25, 0.3) is 5.57 Å². The molecule has 11 heteroatoms. The minimum Gasteiger partial charge on any atom is -0.506 e. The molecule has 0 spiro atoms. The van der Waals surface area contributed by atoms with Crippen molar-refractivity contribution in [3.63, 3.8) is 0 Å². The van der Waals surface area contributed by atoms with Gasteiger partial charge in [0.15, 0.2) is 5.82 Å². The van der Waals surface area contributed by atoms with Gasteiger partial charge in [0.25, 0.3) is 5.91 Å². The van der Waals surface area contributed by atoms with Crippen molar-refractivity contribution in [1.82, 2.24) is 9.62 Å². The van der Waals surface area contributed by atoms with Gasteiger partial charge >= 0.3 is 16.3 Å². The zero-order valence-electron chi connectivity index (χ0n) is 19.4. The van der Waals surface area contributed by atoms with Crippen LogP contribution in [-0.2, 0) is 19.7 Å². The van der Waals surface area contributed by atoms with E-state index < -0.39 is 51.6 Å². The molecule has 9 nitrogen and oxygen atoms in total. The molecule has 0 bridgehead atoms.